The molecule has 0 aliphatic carbocycles. The second-order valence-electron chi connectivity index (χ2n) is 8.07. The van der Waals surface area contributed by atoms with Crippen molar-refractivity contribution in [3.8, 4) is 17.2 Å². The van der Waals surface area contributed by atoms with Crippen LogP contribution in [0.3, 0.4) is 0 Å². The average Bonchev–Trinajstić information content (AvgIpc) is 2.91. The van der Waals surface area contributed by atoms with Crippen LogP contribution in [0, 0.1) is 0 Å². The van der Waals surface area contributed by atoms with Gasteiger partial charge in [0, 0.05) is 5.56 Å². The molecule has 5 nitrogen and oxygen atoms in total. The van der Waals surface area contributed by atoms with E-state index in [2.05, 4.69) is 0 Å². The lowest BCUT2D eigenvalue weighted by molar-refractivity contribution is 0.101. The smallest absolute Gasteiger partial charge is 0.163 e. The van der Waals surface area contributed by atoms with E-state index in [1.54, 1.807) is 36.4 Å². The lowest BCUT2D eigenvalue weighted by atomic mass is 10.1. The summed E-state index contributed by atoms with van der Waals surface area (Å²) in [5.41, 5.74) is 4.03. The summed E-state index contributed by atoms with van der Waals surface area (Å²) in [5.74, 6) is 1.88. The number of hydrogen-bond donors (Lipinski definition) is 0. The largest absolute Gasteiger partial charge is 0.489 e. The molecular weight excluding hydrogens is 440 g/mol. The van der Waals surface area contributed by atoms with Crippen LogP contribution in [0.1, 0.15) is 44.3 Å². The van der Waals surface area contributed by atoms with Gasteiger partial charge in [-0.3, -0.25) is 9.59 Å². The zero-order chi connectivity index (χ0) is 24.5. The van der Waals surface area contributed by atoms with Crippen LogP contribution in [0.5, 0.6) is 17.2 Å². The monoisotopic (exact) mass is 466 g/mol. The second kappa shape index (κ2) is 11.7. The SMILES string of the molecule is CC(=O)c1cc(COc2ccc(C=O)cc2)ccc1OCc1ccc(OCc2ccccc2)cc1. The molecule has 0 aliphatic heterocycles. The van der Waals surface area contributed by atoms with Crippen molar-refractivity contribution in [2.75, 3.05) is 0 Å². The highest BCUT2D eigenvalue weighted by atomic mass is 16.5. The molecule has 0 radical (unpaired) electrons. The summed E-state index contributed by atoms with van der Waals surface area (Å²) in [6.45, 7) is 2.66. The number of aldehydes is 1. The topological polar surface area (TPSA) is 61.8 Å². The Kier molecular flexibility index (Phi) is 7.92. The average molecular weight is 467 g/mol. The van der Waals surface area contributed by atoms with E-state index in [9.17, 15) is 9.59 Å². The zero-order valence-corrected chi connectivity index (χ0v) is 19.5. The minimum absolute atomic E-state index is 0.0816. The van der Waals surface area contributed by atoms with Gasteiger partial charge in [-0.2, -0.15) is 0 Å². The summed E-state index contributed by atoms with van der Waals surface area (Å²) in [7, 11) is 0. The molecule has 35 heavy (non-hydrogen) atoms. The Morgan fingerprint density at radius 3 is 1.83 bits per heavy atom. The van der Waals surface area contributed by atoms with Gasteiger partial charge in [-0.1, -0.05) is 48.5 Å². The molecule has 0 unspecified atom stereocenters. The number of carbonyl (C=O) groups is 2. The Balaban J connectivity index is 1.34. The van der Waals surface area contributed by atoms with E-state index in [0.717, 1.165) is 28.7 Å². The van der Waals surface area contributed by atoms with Gasteiger partial charge in [0.25, 0.3) is 0 Å². The number of benzene rings is 4. The van der Waals surface area contributed by atoms with Crippen LogP contribution in [-0.2, 0) is 19.8 Å². The standard InChI is InChI=1S/C30H26O5/c1-22(32)29-17-26(21-34-27-12-7-23(18-31)8-13-27)11-16-30(29)35-20-25-9-14-28(15-10-25)33-19-24-5-3-2-4-6-24/h2-18H,19-21H2,1H3. The first kappa shape index (κ1) is 23.8. The van der Waals surface area contributed by atoms with Gasteiger partial charge < -0.3 is 14.2 Å². The van der Waals surface area contributed by atoms with Crippen molar-refractivity contribution >= 4 is 12.1 Å². The van der Waals surface area contributed by atoms with Gasteiger partial charge in [0.1, 0.15) is 43.4 Å². The molecule has 0 saturated carbocycles. The maximum Gasteiger partial charge on any atom is 0.163 e. The summed E-state index contributed by atoms with van der Waals surface area (Å²) in [5, 5.41) is 0. The summed E-state index contributed by atoms with van der Waals surface area (Å²) in [6, 6.07) is 30.1. The molecular formula is C30H26O5. The maximum absolute atomic E-state index is 12.2. The van der Waals surface area contributed by atoms with Gasteiger partial charge in [0.05, 0.1) is 5.56 Å². The summed E-state index contributed by atoms with van der Waals surface area (Å²) < 4.78 is 17.6. The molecule has 0 fully saturated rings. The van der Waals surface area contributed by atoms with Crippen LogP contribution in [-0.4, -0.2) is 12.1 Å². The predicted molar refractivity (Wildman–Crippen MR) is 134 cm³/mol. The van der Waals surface area contributed by atoms with Crippen LogP contribution in [0.25, 0.3) is 0 Å². The lowest BCUT2D eigenvalue weighted by Gasteiger charge is -2.13. The minimum atomic E-state index is -0.0816. The molecule has 4 aromatic carbocycles. The van der Waals surface area contributed by atoms with E-state index in [1.807, 2.05) is 60.7 Å². The van der Waals surface area contributed by atoms with E-state index in [0.29, 0.717) is 42.4 Å². The van der Waals surface area contributed by atoms with Gasteiger partial charge in [-0.05, 0) is 72.1 Å². The van der Waals surface area contributed by atoms with Gasteiger partial charge >= 0.3 is 0 Å². The Labute approximate surface area is 204 Å². The molecule has 0 heterocycles. The third-order valence-corrected chi connectivity index (χ3v) is 5.41. The van der Waals surface area contributed by atoms with Crippen LogP contribution >= 0.6 is 0 Å². The number of rotatable bonds is 11. The lowest BCUT2D eigenvalue weighted by Crippen LogP contribution is -2.04. The Hall–Kier alpha value is -4.38. The molecule has 5 heteroatoms. The Morgan fingerprint density at radius 2 is 1.20 bits per heavy atom. The molecule has 0 amide bonds. The first-order valence-electron chi connectivity index (χ1n) is 11.3. The number of carbonyl (C=O) groups excluding carboxylic acids is 2. The maximum atomic E-state index is 12.2. The number of Topliss-reactive ketones (excluding diaryl/α,β-unsaturated/α-hetero) is 1. The first-order chi connectivity index (χ1) is 17.1. The van der Waals surface area contributed by atoms with Crippen molar-refractivity contribution in [2.24, 2.45) is 0 Å². The third kappa shape index (κ3) is 6.81. The van der Waals surface area contributed by atoms with Gasteiger partial charge in [0.15, 0.2) is 5.78 Å². The number of hydrogen-bond acceptors (Lipinski definition) is 5. The van der Waals surface area contributed by atoms with Crippen molar-refractivity contribution in [2.45, 2.75) is 26.7 Å². The summed E-state index contributed by atoms with van der Waals surface area (Å²) >= 11 is 0. The van der Waals surface area contributed by atoms with Crippen LogP contribution in [0.4, 0.5) is 0 Å². The number of ketones is 1. The van der Waals surface area contributed by atoms with Gasteiger partial charge in [0.2, 0.25) is 0 Å². The van der Waals surface area contributed by atoms with E-state index in [1.165, 1.54) is 6.92 Å². The molecule has 0 aliphatic rings. The summed E-state index contributed by atoms with van der Waals surface area (Å²) in [4.78, 5) is 23.0. The van der Waals surface area contributed by atoms with E-state index < -0.39 is 0 Å². The molecule has 0 N–H and O–H groups in total. The molecule has 0 atom stereocenters. The Morgan fingerprint density at radius 1 is 0.657 bits per heavy atom. The molecule has 0 bridgehead atoms. The molecule has 4 rings (SSSR count). The number of ether oxygens (including phenoxy) is 3. The highest BCUT2D eigenvalue weighted by Crippen LogP contribution is 2.24. The molecule has 4 aromatic rings. The normalized spacial score (nSPS) is 10.4. The predicted octanol–water partition coefficient (Wildman–Crippen LogP) is 6.44. The van der Waals surface area contributed by atoms with Crippen molar-refractivity contribution in [1.29, 1.82) is 0 Å². The van der Waals surface area contributed by atoms with Crippen molar-refractivity contribution in [3.63, 3.8) is 0 Å². The quantitative estimate of drug-likeness (QED) is 0.188. The fraction of sp³-hybridized carbons (Fsp3) is 0.133. The van der Waals surface area contributed by atoms with Gasteiger partial charge in [-0.15, -0.1) is 0 Å². The molecule has 0 spiro atoms. The highest BCUT2D eigenvalue weighted by molar-refractivity contribution is 5.97. The Bertz CT molecular complexity index is 1260. The van der Waals surface area contributed by atoms with Crippen molar-refractivity contribution in [3.05, 3.63) is 125 Å². The van der Waals surface area contributed by atoms with E-state index in [4.69, 9.17) is 14.2 Å². The molecule has 176 valence electrons. The van der Waals surface area contributed by atoms with E-state index >= 15 is 0 Å². The summed E-state index contributed by atoms with van der Waals surface area (Å²) in [6.07, 6.45) is 0.788. The fourth-order valence-corrected chi connectivity index (χ4v) is 3.46. The zero-order valence-electron chi connectivity index (χ0n) is 19.5. The highest BCUT2D eigenvalue weighted by Gasteiger charge is 2.11. The molecule has 0 aromatic heterocycles. The van der Waals surface area contributed by atoms with Crippen molar-refractivity contribution < 1.29 is 23.8 Å². The van der Waals surface area contributed by atoms with Crippen LogP contribution in [0.15, 0.2) is 97.1 Å². The second-order valence-corrected chi connectivity index (χ2v) is 8.07. The van der Waals surface area contributed by atoms with Crippen LogP contribution in [0.2, 0.25) is 0 Å². The third-order valence-electron chi connectivity index (χ3n) is 5.41. The molecule has 0 saturated heterocycles. The fourth-order valence-electron chi connectivity index (χ4n) is 3.46. The van der Waals surface area contributed by atoms with E-state index in [-0.39, 0.29) is 5.78 Å². The minimum Gasteiger partial charge on any atom is -0.489 e. The van der Waals surface area contributed by atoms with Crippen LogP contribution < -0.4 is 14.2 Å². The first-order valence-corrected chi connectivity index (χ1v) is 11.3. The van der Waals surface area contributed by atoms with Crippen molar-refractivity contribution in [1.82, 2.24) is 0 Å². The van der Waals surface area contributed by atoms with Gasteiger partial charge in [-0.25, -0.2) is 0 Å².